The van der Waals surface area contributed by atoms with Crippen LogP contribution in [0.3, 0.4) is 0 Å². The van der Waals surface area contributed by atoms with Crippen LogP contribution >= 0.6 is 23.5 Å². The number of methoxy groups -OCH3 is 2. The minimum absolute atomic E-state index is 0.117. The Hall–Kier alpha value is -9.04. The predicted octanol–water partition coefficient (Wildman–Crippen LogP) is 17.7. The second-order valence-electron chi connectivity index (χ2n) is 21.4. The summed E-state index contributed by atoms with van der Waals surface area (Å²) in [6.45, 7) is -34.9. The maximum Gasteiger partial charge on any atom is 0.416 e. The molecule has 12 nitrogen and oxygen atoms in total. The molecular formula is C82H80F10N6O6S2. The molecule has 556 valence electrons. The topological polar surface area (TPSA) is 110 Å². The number of hydrogen-bond acceptors (Lipinski definition) is 10. The first-order valence-electron chi connectivity index (χ1n) is 55.0. The number of alkyl halides is 6. The number of ether oxygens (including phenoxy) is 2. The highest BCUT2D eigenvalue weighted by Gasteiger charge is 2.35. The molecule has 2 fully saturated rings. The second kappa shape index (κ2) is 35.1. The van der Waals surface area contributed by atoms with Crippen LogP contribution < -0.4 is 10.9 Å². The third kappa shape index (κ3) is 19.0. The van der Waals surface area contributed by atoms with E-state index in [4.69, 9.17) is 45.2 Å². The van der Waals surface area contributed by atoms with Gasteiger partial charge in [-0.25, -0.2) is 17.6 Å². The Kier molecular flexibility index (Phi) is 12.0. The minimum atomic E-state index is -5.60. The first-order valence-corrected chi connectivity index (χ1v) is 31.6. The zero-order valence-corrected chi connectivity index (χ0v) is 55.4. The molecule has 2 amide bonds. The lowest BCUT2D eigenvalue weighted by Gasteiger charge is -2.42. The van der Waals surface area contributed by atoms with E-state index in [0.29, 0.717) is 23.6 Å². The summed E-state index contributed by atoms with van der Waals surface area (Å²) in [4.78, 5) is 57.4. The average molecular weight is 1550 g/mol. The quantitative estimate of drug-likeness (QED) is 0.0428. The number of likely N-dealkylation sites (tertiary alicyclic amines) is 2. The summed E-state index contributed by atoms with van der Waals surface area (Å²) in [6, 6.07) is -21.9. The van der Waals surface area contributed by atoms with Gasteiger partial charge < -0.3 is 38.2 Å². The van der Waals surface area contributed by atoms with Crippen molar-refractivity contribution in [3.8, 4) is 22.3 Å². The number of halogens is 10. The highest BCUT2D eigenvalue weighted by atomic mass is 32.2. The molecular weight excluding hydrogens is 1420 g/mol. The highest BCUT2D eigenvalue weighted by Crippen LogP contribution is 2.37. The van der Waals surface area contributed by atoms with E-state index in [9.17, 15) is 63.6 Å². The van der Waals surface area contributed by atoms with Gasteiger partial charge in [0, 0.05) is 145 Å². The van der Waals surface area contributed by atoms with Crippen LogP contribution in [0.25, 0.3) is 44.1 Å². The second-order valence-corrected chi connectivity index (χ2v) is 23.0. The third-order valence-corrected chi connectivity index (χ3v) is 16.2. The summed E-state index contributed by atoms with van der Waals surface area (Å²) < 4.78 is 593. The Balaban J connectivity index is 0.000000300. The Morgan fingerprint density at radius 3 is 1.84 bits per heavy atom. The Bertz CT molecular complexity index is 7370. The number of rotatable bonds is 24. The maximum atomic E-state index is 16.2. The van der Waals surface area contributed by atoms with Crippen molar-refractivity contribution in [1.29, 1.82) is 0 Å². The number of carbonyl (C=O) groups is 2. The molecule has 2 saturated heterocycles. The van der Waals surface area contributed by atoms with Crippen LogP contribution in [0.1, 0.15) is 146 Å². The van der Waals surface area contributed by atoms with Crippen LogP contribution in [0.5, 0.6) is 0 Å². The van der Waals surface area contributed by atoms with Gasteiger partial charge >= 0.3 is 12.4 Å². The van der Waals surface area contributed by atoms with Crippen LogP contribution in [0.2, 0.25) is 0 Å². The van der Waals surface area contributed by atoms with Gasteiger partial charge in [0.15, 0.2) is 34.1 Å². The van der Waals surface area contributed by atoms with Crippen molar-refractivity contribution in [1.82, 2.24) is 28.7 Å². The number of piperidine rings is 2. The van der Waals surface area contributed by atoms with E-state index >= 15 is 22.8 Å². The predicted molar refractivity (Wildman–Crippen MR) is 395 cm³/mol. The number of aromatic nitrogens is 2. The summed E-state index contributed by atoms with van der Waals surface area (Å²) >= 11 is -1.04. The molecule has 1 atom stereocenters. The van der Waals surface area contributed by atoms with Crippen molar-refractivity contribution >= 4 is 57.1 Å². The van der Waals surface area contributed by atoms with Crippen molar-refractivity contribution in [3.63, 3.8) is 0 Å². The molecule has 0 radical (unpaired) electrons. The molecule has 0 saturated carbocycles. The molecule has 0 aliphatic carbocycles. The summed E-state index contributed by atoms with van der Waals surface area (Å²) in [7, 11) is -6.55. The zero-order valence-electron chi connectivity index (χ0n) is 104. The Labute approximate surface area is 686 Å². The molecule has 0 bridgehead atoms. The maximum absolute atomic E-state index is 16.2. The molecule has 8 aromatic carbocycles. The van der Waals surface area contributed by atoms with Gasteiger partial charge in [0.05, 0.1) is 92.6 Å². The molecule has 0 N–H and O–H groups in total. The summed E-state index contributed by atoms with van der Waals surface area (Å²) in [6.07, 6.45) is -28.8. The zero-order chi connectivity index (χ0) is 120. The van der Waals surface area contributed by atoms with Gasteiger partial charge in [-0.05, 0) is 139 Å². The Morgan fingerprint density at radius 1 is 0.594 bits per heavy atom. The van der Waals surface area contributed by atoms with E-state index in [1.54, 1.807) is 0 Å². The van der Waals surface area contributed by atoms with E-state index in [-0.39, 0.29) is 38.1 Å². The number of pyridine rings is 2. The molecule has 4 heterocycles. The monoisotopic (exact) mass is 1550 g/mol. The normalized spacial score (nSPS) is 26.9. The first-order chi connectivity index (χ1) is 70.3. The van der Waals surface area contributed by atoms with Crippen LogP contribution in [0.15, 0.2) is 207 Å². The number of nitrogens with zero attached hydrogens (tertiary/aromatic N) is 6. The SMILES string of the molecule is [2H]C([2H])([2H])OCCN1C([2H])([2H])C([2H])([2H])C([2H])(N(C(=O)C([2H])([2H])n2c(SC([2H])([2H])c3cccc(F)c3F)cc(=O)c3ccccc32)C([2H])(C)c2ccc(-c3ccc(C(F)(F)F)cc3)cc2)C([2H])([2H])C1([2H])[2H].[2H]c1c([2H])c(F)c(F)c(C([2H])([2H])Sc2c([2H])c(=O)c3c([2H])c([2H])c([2H])c([2H])c3n2C([2H])([2H])C(=O)N(C([2H])([2H])c2c([2H])c([2H])c(-c3c([2H])c([2H])c(C(F)(F)F)c([2H])c3[2H])c([2H])c2C)C2([2H])C([2H])([2H])C([2H])([2H])N(CCOC([2H])([2H])[2H])C([2H])([2H])C2([2H])[2H])c1[2H]. The lowest BCUT2D eigenvalue weighted by molar-refractivity contribution is -0.138. The molecule has 2 aliphatic heterocycles. The van der Waals surface area contributed by atoms with Crippen molar-refractivity contribution in [3.05, 3.63) is 270 Å². The molecule has 106 heavy (non-hydrogen) atoms. The van der Waals surface area contributed by atoms with Crippen molar-refractivity contribution < 1.29 is 132 Å². The summed E-state index contributed by atoms with van der Waals surface area (Å²) in [5.41, 5.74) is -24.4. The first kappa shape index (κ1) is 36.2. The van der Waals surface area contributed by atoms with Crippen LogP contribution in [0, 0.1) is 30.2 Å². The number of hydrogen-bond donors (Lipinski definition) is 0. The Morgan fingerprint density at radius 2 is 1.18 bits per heavy atom. The van der Waals surface area contributed by atoms with Gasteiger partial charge in [0.25, 0.3) is 0 Å². The van der Waals surface area contributed by atoms with E-state index in [1.165, 1.54) is 24.3 Å². The number of benzene rings is 8. The van der Waals surface area contributed by atoms with Gasteiger partial charge in [-0.1, -0.05) is 115 Å². The fourth-order valence-corrected chi connectivity index (χ4v) is 10.8. The molecule has 1 unspecified atom stereocenters. The van der Waals surface area contributed by atoms with Crippen molar-refractivity contribution in [2.45, 2.75) is 111 Å². The van der Waals surface area contributed by atoms with E-state index < -0.39 is 392 Å². The van der Waals surface area contributed by atoms with Crippen LogP contribution in [0.4, 0.5) is 43.9 Å². The molecule has 10 aromatic rings. The summed E-state index contributed by atoms with van der Waals surface area (Å²) in [5, 5.41) is -4.66. The standard InChI is InChI=1S/2C41H40F5N3O3S/c1-27(28-10-12-29(13-11-28)30-14-16-32(17-15-30)41(44,45)46)49(33-18-20-47(21-19-33)22-23-52-2)38(51)25-48-36-9-4-3-7-34(36)37(50)24-39(48)53-26-31-6-5-8-35(42)40(31)43;1-27-22-29(28-12-14-32(15-13-28)41(44,45)46)10-11-30(27)24-48(33-16-18-47(19-17-33)20-21-52-2)38(51)25-49-36-9-4-3-7-34(36)37(50)23-39(49)53-26-31-6-5-8-35(42)40(31)43/h3-17,24,27,33H,18-23,25-26H2,1-2H3;3-15,22-23,33H,16-21,24-26H2,1-2H3/i2D3,18D2,19D2,20D2,21D2,25D2,26D2,27D,33D;2D3,3D,4D,5D,6D,7D,8D,9D,10D,11D,12D,13D,14D,15D,16D2,17D2,18D2,19D2,22D,23D,24D2,25D2,26D2,33D. The largest absolute Gasteiger partial charge is 0.416 e. The van der Waals surface area contributed by atoms with Gasteiger partial charge in [-0.2, -0.15) is 26.3 Å². The van der Waals surface area contributed by atoms with Crippen LogP contribution in [-0.2, 0) is 62.3 Å². The average Bonchev–Trinajstić information content (AvgIpc) is 0.657. The van der Waals surface area contributed by atoms with E-state index in [1.807, 2.05) is 0 Å². The lowest BCUT2D eigenvalue weighted by Crippen LogP contribution is -2.49. The number of thioether (sulfide) groups is 2. The lowest BCUT2D eigenvalue weighted by atomic mass is 9.96. The number of fused-ring (bicyclic) bond motifs is 2. The molecule has 0 spiro atoms. The summed E-state index contributed by atoms with van der Waals surface area (Å²) in [5.74, 6) is -13.4. The van der Waals surface area contributed by atoms with Gasteiger partial charge in [0.1, 0.15) is 13.0 Å². The van der Waals surface area contributed by atoms with E-state index in [2.05, 4.69) is 9.47 Å². The number of amides is 2. The smallest absolute Gasteiger partial charge is 0.383 e. The fraction of sp³-hybridized carbons (Fsp3) is 0.317. The third-order valence-electron chi connectivity index (χ3n) is 14.6. The van der Waals surface area contributed by atoms with Crippen molar-refractivity contribution in [2.75, 3.05) is 66.4 Å². The highest BCUT2D eigenvalue weighted by molar-refractivity contribution is 7.98. The molecule has 12 rings (SSSR count). The molecule has 24 heteroatoms. The van der Waals surface area contributed by atoms with Gasteiger partial charge in [-0.3, -0.25) is 19.2 Å². The van der Waals surface area contributed by atoms with Gasteiger partial charge in [0.2, 0.25) is 11.8 Å². The molecule has 2 aromatic heterocycles. The number of carbonyl (C=O) groups excluding carboxylic acids is 2. The van der Waals surface area contributed by atoms with E-state index in [0.717, 1.165) is 67.6 Å². The van der Waals surface area contributed by atoms with Gasteiger partial charge in [-0.15, -0.1) is 23.5 Å². The number of para-hydroxylation sites is 2. The van der Waals surface area contributed by atoms with Crippen molar-refractivity contribution in [2.24, 2.45) is 0 Å². The molecule has 2 aliphatic rings. The van der Waals surface area contributed by atoms with Crippen LogP contribution in [-0.4, -0.2) is 119 Å². The fourth-order valence-electron chi connectivity index (χ4n) is 9.36. The minimum Gasteiger partial charge on any atom is -0.383 e.